The van der Waals surface area contributed by atoms with Gasteiger partial charge in [0.05, 0.1) is 5.56 Å². The van der Waals surface area contributed by atoms with Crippen molar-refractivity contribution < 1.29 is 39.5 Å². The van der Waals surface area contributed by atoms with Crippen LogP contribution < -0.4 is 0 Å². The lowest BCUT2D eigenvalue weighted by molar-refractivity contribution is -0.160. The molecule has 0 fully saturated rings. The summed E-state index contributed by atoms with van der Waals surface area (Å²) in [6.45, 7) is 0. The van der Waals surface area contributed by atoms with Crippen molar-refractivity contribution in [2.45, 2.75) is 12.5 Å². The molecule has 140 valence electrons. The fourth-order valence-corrected chi connectivity index (χ4v) is 2.21. The second kappa shape index (κ2) is 8.52. The second-order valence-electron chi connectivity index (χ2n) is 5.56. The molecule has 27 heavy (non-hydrogen) atoms. The number of carbonyl (C=O) groups excluding carboxylic acids is 2. The Morgan fingerprint density at radius 3 is 2.33 bits per heavy atom. The van der Waals surface area contributed by atoms with E-state index in [1.54, 1.807) is 0 Å². The molecule has 8 heteroatoms. The van der Waals surface area contributed by atoms with Crippen molar-refractivity contribution >= 4 is 24.3 Å². The highest BCUT2D eigenvalue weighted by Crippen LogP contribution is 2.25. The first-order valence-corrected chi connectivity index (χ1v) is 7.70. The van der Waals surface area contributed by atoms with Crippen molar-refractivity contribution in [3.05, 3.63) is 59.2 Å². The normalized spacial score (nSPS) is 11.9. The molecule has 0 aliphatic carbocycles. The Labute approximate surface area is 153 Å². The molecule has 0 amide bonds. The zero-order chi connectivity index (χ0) is 20.0. The number of esters is 1. The summed E-state index contributed by atoms with van der Waals surface area (Å²) < 4.78 is 4.91. The second-order valence-corrected chi connectivity index (χ2v) is 5.56. The van der Waals surface area contributed by atoms with E-state index >= 15 is 0 Å². The minimum Gasteiger partial charge on any atom is -0.507 e. The van der Waals surface area contributed by atoms with Gasteiger partial charge in [-0.05, 0) is 41.5 Å². The van der Waals surface area contributed by atoms with Crippen LogP contribution in [-0.2, 0) is 20.7 Å². The van der Waals surface area contributed by atoms with E-state index in [-0.39, 0.29) is 29.2 Å². The number of benzene rings is 2. The molecule has 0 saturated heterocycles. The predicted molar refractivity (Wildman–Crippen MR) is 93.5 cm³/mol. The molecule has 0 aliphatic heterocycles. The number of phenolic OH excluding ortho intramolecular Hbond substituents is 3. The van der Waals surface area contributed by atoms with Crippen molar-refractivity contribution in [1.29, 1.82) is 0 Å². The molecule has 2 rings (SSSR count). The highest BCUT2D eigenvalue weighted by atomic mass is 16.6. The molecule has 0 radical (unpaired) electrons. The predicted octanol–water partition coefficient (Wildman–Crippen LogP) is 1.87. The molecular weight excluding hydrogens is 356 g/mol. The van der Waals surface area contributed by atoms with E-state index in [2.05, 4.69) is 0 Å². The largest absolute Gasteiger partial charge is 0.507 e. The Morgan fingerprint density at radius 2 is 1.70 bits per heavy atom. The monoisotopic (exact) mass is 372 g/mol. The minimum atomic E-state index is -1.50. The summed E-state index contributed by atoms with van der Waals surface area (Å²) in [7, 11) is 0. The van der Waals surface area contributed by atoms with Crippen LogP contribution in [0.4, 0.5) is 0 Å². The Hall–Kier alpha value is -3.81. The number of carbonyl (C=O) groups is 3. The number of hydrogen-bond donors (Lipinski definition) is 4. The summed E-state index contributed by atoms with van der Waals surface area (Å²) in [5.74, 6) is -3.22. The third kappa shape index (κ3) is 5.33. The van der Waals surface area contributed by atoms with Gasteiger partial charge in [0.1, 0.15) is 5.75 Å². The highest BCUT2D eigenvalue weighted by Gasteiger charge is 2.22. The summed E-state index contributed by atoms with van der Waals surface area (Å²) >= 11 is 0. The van der Waals surface area contributed by atoms with Gasteiger partial charge < -0.3 is 25.2 Å². The van der Waals surface area contributed by atoms with Gasteiger partial charge in [-0.15, -0.1) is 0 Å². The van der Waals surface area contributed by atoms with Crippen molar-refractivity contribution in [3.63, 3.8) is 0 Å². The van der Waals surface area contributed by atoms with Crippen LogP contribution in [0, 0.1) is 0 Å². The van der Waals surface area contributed by atoms with Crippen LogP contribution in [0.2, 0.25) is 0 Å². The van der Waals surface area contributed by atoms with Gasteiger partial charge in [-0.25, -0.2) is 9.59 Å². The maximum atomic E-state index is 11.9. The van der Waals surface area contributed by atoms with Crippen molar-refractivity contribution in [2.75, 3.05) is 0 Å². The van der Waals surface area contributed by atoms with Crippen molar-refractivity contribution in [1.82, 2.24) is 0 Å². The van der Waals surface area contributed by atoms with Gasteiger partial charge in [-0.1, -0.05) is 12.1 Å². The molecule has 2 aromatic rings. The van der Waals surface area contributed by atoms with E-state index in [9.17, 15) is 34.8 Å². The third-order valence-electron chi connectivity index (χ3n) is 3.59. The maximum absolute atomic E-state index is 11.9. The van der Waals surface area contributed by atoms with Crippen molar-refractivity contribution in [3.8, 4) is 17.2 Å². The Morgan fingerprint density at radius 1 is 1.00 bits per heavy atom. The summed E-state index contributed by atoms with van der Waals surface area (Å²) in [6.07, 6.45) is 0.993. The standard InChI is InChI=1S/C19H16O8/c20-10-13-7-12(2-4-14(13)21)9-17(19(25)26)27-18(24)6-3-11-1-5-15(22)16(23)8-11/h1-8,10,17,21-23H,9H2,(H,25,26)/b6-3+. The summed E-state index contributed by atoms with van der Waals surface area (Å²) in [5.41, 5.74) is 0.779. The van der Waals surface area contributed by atoms with Crippen molar-refractivity contribution in [2.24, 2.45) is 0 Å². The Balaban J connectivity index is 2.07. The number of aromatic hydroxyl groups is 3. The summed E-state index contributed by atoms with van der Waals surface area (Å²) in [4.78, 5) is 34.0. The van der Waals surface area contributed by atoms with Crippen LogP contribution in [0.3, 0.4) is 0 Å². The molecule has 4 N–H and O–H groups in total. The smallest absolute Gasteiger partial charge is 0.345 e. The minimum absolute atomic E-state index is 0.00463. The summed E-state index contributed by atoms with van der Waals surface area (Å²) in [6, 6.07) is 7.85. The molecule has 8 nitrogen and oxygen atoms in total. The van der Waals surface area contributed by atoms with Gasteiger partial charge in [0.25, 0.3) is 0 Å². The highest BCUT2D eigenvalue weighted by molar-refractivity contribution is 5.89. The van der Waals surface area contributed by atoms with Gasteiger partial charge in [0, 0.05) is 12.5 Å². The fourth-order valence-electron chi connectivity index (χ4n) is 2.21. The zero-order valence-electron chi connectivity index (χ0n) is 13.9. The van der Waals surface area contributed by atoms with Gasteiger partial charge in [-0.3, -0.25) is 4.79 Å². The van der Waals surface area contributed by atoms with Gasteiger partial charge in [-0.2, -0.15) is 0 Å². The topological polar surface area (TPSA) is 141 Å². The van der Waals surface area contributed by atoms with E-state index in [4.69, 9.17) is 4.74 Å². The van der Waals surface area contributed by atoms with E-state index in [1.165, 1.54) is 42.5 Å². The first kappa shape index (κ1) is 19.5. The Kier molecular flexibility index (Phi) is 6.16. The quantitative estimate of drug-likeness (QED) is 0.250. The third-order valence-corrected chi connectivity index (χ3v) is 3.59. The molecule has 1 atom stereocenters. The van der Waals surface area contributed by atoms with E-state index in [1.807, 2.05) is 0 Å². The van der Waals surface area contributed by atoms with Crippen LogP contribution >= 0.6 is 0 Å². The number of carboxylic acids is 1. The molecule has 0 saturated carbocycles. The van der Waals surface area contributed by atoms with Crippen LogP contribution in [0.25, 0.3) is 6.08 Å². The number of carboxylic acid groups (broad SMARTS) is 1. The van der Waals surface area contributed by atoms with E-state index in [0.29, 0.717) is 17.4 Å². The lowest BCUT2D eigenvalue weighted by Gasteiger charge is -2.13. The first-order chi connectivity index (χ1) is 12.8. The SMILES string of the molecule is O=Cc1cc(CC(OC(=O)/C=C/c2ccc(O)c(O)c2)C(=O)O)ccc1O. The number of ether oxygens (including phenoxy) is 1. The van der Waals surface area contributed by atoms with Crippen LogP contribution in [-0.4, -0.2) is 44.8 Å². The lowest BCUT2D eigenvalue weighted by atomic mass is 10.0. The molecule has 0 aliphatic rings. The number of hydrogen-bond acceptors (Lipinski definition) is 7. The van der Waals surface area contributed by atoms with E-state index < -0.39 is 18.0 Å². The number of aliphatic carboxylic acids is 1. The molecule has 0 aromatic heterocycles. The first-order valence-electron chi connectivity index (χ1n) is 7.70. The molecule has 2 aromatic carbocycles. The average molecular weight is 372 g/mol. The molecule has 0 bridgehead atoms. The fraction of sp³-hybridized carbons (Fsp3) is 0.105. The number of rotatable bonds is 7. The van der Waals surface area contributed by atoms with E-state index in [0.717, 1.165) is 6.08 Å². The molecule has 0 spiro atoms. The molecule has 1 unspecified atom stereocenters. The maximum Gasteiger partial charge on any atom is 0.345 e. The number of aldehydes is 1. The lowest BCUT2D eigenvalue weighted by Crippen LogP contribution is -2.28. The van der Waals surface area contributed by atoms with Crippen LogP contribution in [0.15, 0.2) is 42.5 Å². The van der Waals surface area contributed by atoms with Crippen LogP contribution in [0.5, 0.6) is 17.2 Å². The zero-order valence-corrected chi connectivity index (χ0v) is 13.9. The van der Waals surface area contributed by atoms with Gasteiger partial charge in [0.15, 0.2) is 17.8 Å². The molecular formula is C19H16O8. The van der Waals surface area contributed by atoms with Gasteiger partial charge in [0.2, 0.25) is 6.10 Å². The van der Waals surface area contributed by atoms with Gasteiger partial charge >= 0.3 is 11.9 Å². The molecule has 0 heterocycles. The Bertz CT molecular complexity index is 901. The average Bonchev–Trinajstić information content (AvgIpc) is 2.63. The number of phenols is 3. The summed E-state index contributed by atoms with van der Waals surface area (Å²) in [5, 5.41) is 37.3. The van der Waals surface area contributed by atoms with Crippen LogP contribution in [0.1, 0.15) is 21.5 Å².